The zero-order chi connectivity index (χ0) is 13.3. The SMILES string of the molecule is Cc1ccc(C2CNC3(CCCCC3)CO2)cc1F. The predicted octanol–water partition coefficient (Wildman–Crippen LogP) is 3.50. The van der Waals surface area contributed by atoms with E-state index in [4.69, 9.17) is 4.74 Å². The number of aryl methyl sites for hydroxylation is 1. The van der Waals surface area contributed by atoms with Gasteiger partial charge in [-0.15, -0.1) is 0 Å². The number of nitrogens with one attached hydrogen (secondary N) is 1. The van der Waals surface area contributed by atoms with E-state index in [2.05, 4.69) is 5.32 Å². The smallest absolute Gasteiger partial charge is 0.126 e. The van der Waals surface area contributed by atoms with E-state index in [1.165, 1.54) is 32.1 Å². The van der Waals surface area contributed by atoms with Gasteiger partial charge in [-0.3, -0.25) is 0 Å². The van der Waals surface area contributed by atoms with Crippen LogP contribution in [0.15, 0.2) is 18.2 Å². The summed E-state index contributed by atoms with van der Waals surface area (Å²) in [6.45, 7) is 3.34. The van der Waals surface area contributed by atoms with Crippen LogP contribution < -0.4 is 5.32 Å². The highest BCUT2D eigenvalue weighted by Crippen LogP contribution is 2.34. The molecule has 1 unspecified atom stereocenters. The minimum Gasteiger partial charge on any atom is -0.370 e. The highest BCUT2D eigenvalue weighted by atomic mass is 19.1. The maximum Gasteiger partial charge on any atom is 0.126 e. The van der Waals surface area contributed by atoms with E-state index in [0.717, 1.165) is 18.7 Å². The molecule has 1 aromatic carbocycles. The zero-order valence-corrected chi connectivity index (χ0v) is 11.5. The van der Waals surface area contributed by atoms with Gasteiger partial charge in [0.1, 0.15) is 5.82 Å². The Morgan fingerprint density at radius 3 is 2.68 bits per heavy atom. The number of hydrogen-bond donors (Lipinski definition) is 1. The molecular weight excluding hydrogens is 241 g/mol. The molecule has 3 rings (SSSR count). The van der Waals surface area contributed by atoms with Crippen molar-refractivity contribution < 1.29 is 9.13 Å². The highest BCUT2D eigenvalue weighted by Gasteiger charge is 2.36. The van der Waals surface area contributed by atoms with Crippen LogP contribution in [0.2, 0.25) is 0 Å². The monoisotopic (exact) mass is 263 g/mol. The first-order valence-electron chi connectivity index (χ1n) is 7.31. The van der Waals surface area contributed by atoms with Gasteiger partial charge in [-0.2, -0.15) is 0 Å². The van der Waals surface area contributed by atoms with Crippen molar-refractivity contribution in [2.75, 3.05) is 13.2 Å². The zero-order valence-electron chi connectivity index (χ0n) is 11.5. The first-order valence-corrected chi connectivity index (χ1v) is 7.31. The second kappa shape index (κ2) is 5.22. The van der Waals surface area contributed by atoms with Crippen molar-refractivity contribution in [3.8, 4) is 0 Å². The largest absolute Gasteiger partial charge is 0.370 e. The summed E-state index contributed by atoms with van der Waals surface area (Å²) in [4.78, 5) is 0. The second-order valence-electron chi connectivity index (χ2n) is 6.03. The van der Waals surface area contributed by atoms with Gasteiger partial charge in [0.2, 0.25) is 0 Å². The van der Waals surface area contributed by atoms with Crippen LogP contribution in [0.3, 0.4) is 0 Å². The molecule has 1 aliphatic carbocycles. The van der Waals surface area contributed by atoms with Crippen LogP contribution in [0.5, 0.6) is 0 Å². The van der Waals surface area contributed by atoms with Crippen molar-refractivity contribution in [3.05, 3.63) is 35.1 Å². The van der Waals surface area contributed by atoms with Gasteiger partial charge in [0.05, 0.1) is 12.7 Å². The molecule has 1 heterocycles. The summed E-state index contributed by atoms with van der Waals surface area (Å²) in [5.74, 6) is -0.140. The molecule has 1 saturated heterocycles. The average molecular weight is 263 g/mol. The Morgan fingerprint density at radius 1 is 1.26 bits per heavy atom. The Kier molecular flexibility index (Phi) is 3.59. The Hall–Kier alpha value is -0.930. The molecule has 3 heteroatoms. The molecule has 0 bridgehead atoms. The fourth-order valence-corrected chi connectivity index (χ4v) is 3.25. The van der Waals surface area contributed by atoms with E-state index < -0.39 is 0 Å². The number of ether oxygens (including phenoxy) is 1. The molecule has 2 aliphatic rings. The fourth-order valence-electron chi connectivity index (χ4n) is 3.25. The predicted molar refractivity (Wildman–Crippen MR) is 73.6 cm³/mol. The summed E-state index contributed by atoms with van der Waals surface area (Å²) >= 11 is 0. The van der Waals surface area contributed by atoms with E-state index in [1.54, 1.807) is 13.0 Å². The number of halogens is 1. The Balaban J connectivity index is 1.67. The molecule has 1 aliphatic heterocycles. The third kappa shape index (κ3) is 2.67. The van der Waals surface area contributed by atoms with Gasteiger partial charge >= 0.3 is 0 Å². The normalized spacial score (nSPS) is 26.5. The molecule has 1 atom stereocenters. The molecule has 1 spiro atoms. The van der Waals surface area contributed by atoms with Crippen LogP contribution in [0.25, 0.3) is 0 Å². The lowest BCUT2D eigenvalue weighted by atomic mass is 9.81. The third-order valence-electron chi connectivity index (χ3n) is 4.60. The lowest BCUT2D eigenvalue weighted by molar-refractivity contribution is -0.0467. The molecule has 2 nitrogen and oxygen atoms in total. The van der Waals surface area contributed by atoms with Gasteiger partial charge in [0.15, 0.2) is 0 Å². The van der Waals surface area contributed by atoms with Crippen molar-refractivity contribution >= 4 is 0 Å². The molecule has 104 valence electrons. The van der Waals surface area contributed by atoms with Crippen LogP contribution in [0.4, 0.5) is 4.39 Å². The fraction of sp³-hybridized carbons (Fsp3) is 0.625. The lowest BCUT2D eigenvalue weighted by Gasteiger charge is -2.43. The van der Waals surface area contributed by atoms with Gasteiger partial charge in [0, 0.05) is 12.1 Å². The minimum atomic E-state index is -0.140. The van der Waals surface area contributed by atoms with Gasteiger partial charge in [-0.25, -0.2) is 4.39 Å². The molecule has 0 aromatic heterocycles. The first kappa shape index (κ1) is 13.1. The van der Waals surface area contributed by atoms with E-state index >= 15 is 0 Å². The first-order chi connectivity index (χ1) is 9.19. The summed E-state index contributed by atoms with van der Waals surface area (Å²) < 4.78 is 19.6. The average Bonchev–Trinajstić information content (AvgIpc) is 2.44. The van der Waals surface area contributed by atoms with Gasteiger partial charge in [-0.1, -0.05) is 31.4 Å². The molecular formula is C16H22FNO. The van der Waals surface area contributed by atoms with E-state index in [0.29, 0.717) is 5.56 Å². The summed E-state index contributed by atoms with van der Waals surface area (Å²) in [5, 5.41) is 3.67. The van der Waals surface area contributed by atoms with Crippen LogP contribution in [0.1, 0.15) is 49.3 Å². The van der Waals surface area contributed by atoms with E-state index in [1.807, 2.05) is 12.1 Å². The quantitative estimate of drug-likeness (QED) is 0.837. The standard InChI is InChI=1S/C16H22FNO/c1-12-5-6-13(9-14(12)17)15-10-18-16(11-19-15)7-3-2-4-8-16/h5-6,9,15,18H,2-4,7-8,10-11H2,1H3. The topological polar surface area (TPSA) is 21.3 Å². The number of hydrogen-bond acceptors (Lipinski definition) is 2. The van der Waals surface area contributed by atoms with Crippen LogP contribution in [0, 0.1) is 12.7 Å². The van der Waals surface area contributed by atoms with Gasteiger partial charge < -0.3 is 10.1 Å². The molecule has 0 amide bonds. The number of benzene rings is 1. The van der Waals surface area contributed by atoms with Crippen molar-refractivity contribution in [2.24, 2.45) is 0 Å². The van der Waals surface area contributed by atoms with E-state index in [-0.39, 0.29) is 17.5 Å². The van der Waals surface area contributed by atoms with Crippen molar-refractivity contribution in [1.82, 2.24) is 5.32 Å². The van der Waals surface area contributed by atoms with Crippen molar-refractivity contribution in [3.63, 3.8) is 0 Å². The Bertz CT molecular complexity index is 444. The maximum atomic E-state index is 13.6. The summed E-state index contributed by atoms with van der Waals surface area (Å²) in [7, 11) is 0. The Labute approximate surface area is 114 Å². The van der Waals surface area contributed by atoms with Crippen LogP contribution in [-0.2, 0) is 4.74 Å². The van der Waals surface area contributed by atoms with Crippen molar-refractivity contribution in [2.45, 2.75) is 50.7 Å². The number of morpholine rings is 1. The molecule has 19 heavy (non-hydrogen) atoms. The number of rotatable bonds is 1. The summed E-state index contributed by atoms with van der Waals surface area (Å²) in [6.07, 6.45) is 6.34. The van der Waals surface area contributed by atoms with Gasteiger partial charge in [0.25, 0.3) is 0 Å². The highest BCUT2D eigenvalue weighted by molar-refractivity contribution is 5.25. The molecule has 2 fully saturated rings. The maximum absolute atomic E-state index is 13.6. The molecule has 1 saturated carbocycles. The van der Waals surface area contributed by atoms with Crippen LogP contribution in [-0.4, -0.2) is 18.7 Å². The van der Waals surface area contributed by atoms with E-state index in [9.17, 15) is 4.39 Å². The van der Waals surface area contributed by atoms with Crippen molar-refractivity contribution in [1.29, 1.82) is 0 Å². The minimum absolute atomic E-state index is 0.0114. The third-order valence-corrected chi connectivity index (χ3v) is 4.60. The summed E-state index contributed by atoms with van der Waals surface area (Å²) in [5.41, 5.74) is 1.83. The van der Waals surface area contributed by atoms with Gasteiger partial charge in [-0.05, 0) is 37.0 Å². The molecule has 0 radical (unpaired) electrons. The molecule has 1 N–H and O–H groups in total. The second-order valence-corrected chi connectivity index (χ2v) is 6.03. The Morgan fingerprint density at radius 2 is 2.05 bits per heavy atom. The van der Waals surface area contributed by atoms with Crippen LogP contribution >= 0.6 is 0 Å². The lowest BCUT2D eigenvalue weighted by Crippen LogP contribution is -2.55. The summed E-state index contributed by atoms with van der Waals surface area (Å²) in [6, 6.07) is 5.42. The molecule has 1 aromatic rings.